The second-order valence-electron chi connectivity index (χ2n) is 9.04. The summed E-state index contributed by atoms with van der Waals surface area (Å²) in [6.07, 6.45) is -0.348. The number of benzene rings is 3. The van der Waals surface area contributed by atoms with Crippen LogP contribution < -0.4 is 25.3 Å². The first-order valence-electron chi connectivity index (χ1n) is 12.5. The van der Waals surface area contributed by atoms with Gasteiger partial charge in [-0.15, -0.1) is 0 Å². The van der Waals surface area contributed by atoms with Crippen LogP contribution in [0.25, 0.3) is 10.4 Å². The van der Waals surface area contributed by atoms with Crippen molar-refractivity contribution >= 4 is 40.3 Å². The summed E-state index contributed by atoms with van der Waals surface area (Å²) in [5.41, 5.74) is 11.4. The quantitative estimate of drug-likeness (QED) is 0.135. The first-order valence-corrected chi connectivity index (χ1v) is 15.3. The Morgan fingerprint density at radius 1 is 1.03 bits per heavy atom. The molecule has 1 N–H and O–H groups in total. The van der Waals surface area contributed by atoms with Crippen LogP contribution in [-0.2, 0) is 23.0 Å². The third-order valence-electron chi connectivity index (χ3n) is 6.77. The van der Waals surface area contributed by atoms with Gasteiger partial charge in [0.15, 0.2) is 0 Å². The second kappa shape index (κ2) is 11.8. The minimum absolute atomic E-state index is 0.332. The van der Waals surface area contributed by atoms with Gasteiger partial charge in [-0.05, 0) is 41.3 Å². The number of fused-ring (bicyclic) bond motifs is 1. The number of ether oxygens (including phenoxy) is 1. The maximum atomic E-state index is 14.1. The molecule has 3 aromatic carbocycles. The minimum atomic E-state index is -2.70. The predicted molar refractivity (Wildman–Crippen MR) is 159 cm³/mol. The van der Waals surface area contributed by atoms with Crippen LogP contribution in [0.2, 0.25) is 0 Å². The Morgan fingerprint density at radius 2 is 1.67 bits per heavy atom. The lowest BCUT2D eigenvalue weighted by molar-refractivity contribution is -0.120. The highest BCUT2D eigenvalue weighted by atomic mass is 32.4. The van der Waals surface area contributed by atoms with E-state index in [9.17, 15) is 10.3 Å². The molecule has 0 spiro atoms. The van der Waals surface area contributed by atoms with E-state index in [0.717, 1.165) is 21.7 Å². The zero-order valence-electron chi connectivity index (χ0n) is 21.3. The molecule has 2 atom stereocenters. The highest BCUT2D eigenvalue weighted by molar-refractivity contribution is 8.20. The van der Waals surface area contributed by atoms with E-state index in [2.05, 4.69) is 20.1 Å². The van der Waals surface area contributed by atoms with Crippen molar-refractivity contribution in [1.82, 2.24) is 10.1 Å². The zero-order valence-corrected chi connectivity index (χ0v) is 23.0. The van der Waals surface area contributed by atoms with Crippen molar-refractivity contribution in [2.75, 3.05) is 18.6 Å². The van der Waals surface area contributed by atoms with Crippen LogP contribution in [0.3, 0.4) is 0 Å². The molecule has 8 nitrogen and oxygen atoms in total. The molecule has 0 saturated heterocycles. The Labute approximate surface area is 232 Å². The Bertz CT molecular complexity index is 1500. The summed E-state index contributed by atoms with van der Waals surface area (Å²) in [5, 5.41) is 9.62. The van der Waals surface area contributed by atoms with Gasteiger partial charge in [-0.25, -0.2) is 4.98 Å². The van der Waals surface area contributed by atoms with Crippen LogP contribution in [0.5, 0.6) is 5.75 Å². The smallest absolute Gasteiger partial charge is 0.239 e. The second-order valence-corrected chi connectivity index (χ2v) is 13.2. The maximum Gasteiger partial charge on any atom is 0.239 e. The number of amides is 1. The average molecular weight is 555 g/mol. The monoisotopic (exact) mass is 554 g/mol. The van der Waals surface area contributed by atoms with Crippen molar-refractivity contribution < 1.29 is 9.53 Å². The number of aromatic nitrogens is 1. The summed E-state index contributed by atoms with van der Waals surface area (Å²) < 4.78 is 5.36. The highest BCUT2D eigenvalue weighted by Crippen LogP contribution is 2.44. The van der Waals surface area contributed by atoms with Crippen LogP contribution in [0.4, 0.5) is 5.82 Å². The fraction of sp³-hybridized carbons (Fsp3) is 0.172. The molecule has 2 unspecified atom stereocenters. The third kappa shape index (κ3) is 5.44. The fourth-order valence-corrected chi connectivity index (χ4v) is 8.34. The van der Waals surface area contributed by atoms with Crippen molar-refractivity contribution in [3.63, 3.8) is 0 Å². The molecule has 39 heavy (non-hydrogen) atoms. The average Bonchev–Trinajstić information content (AvgIpc) is 3.44. The Morgan fingerprint density at radius 3 is 2.26 bits per heavy atom. The molecule has 2 heterocycles. The molecule has 10 heteroatoms. The number of anilines is 1. The lowest BCUT2D eigenvalue weighted by atomic mass is 9.99. The Balaban J connectivity index is 1.63. The van der Waals surface area contributed by atoms with Crippen LogP contribution >= 0.6 is 6.19 Å². The molecule has 4 aromatic rings. The maximum absolute atomic E-state index is 14.1. The molecular formula is C29H27N6O2PS. The van der Waals surface area contributed by atoms with Gasteiger partial charge in [0.2, 0.25) is 5.91 Å². The number of methoxy groups -OCH3 is 1. The number of rotatable bonds is 9. The van der Waals surface area contributed by atoms with E-state index >= 15 is 0 Å². The number of hydrogen-bond acceptors (Lipinski definition) is 5. The van der Waals surface area contributed by atoms with E-state index < -0.39 is 18.3 Å². The standard InChI is InChI=1S/C29H27N6O2PS/c1-37-23-16-14-21(15-17-23)26(27(32-34-30)29(36)35-20-18-22-9-8-19-31-28(22)35)33-38(39,24-10-4-2-5-11-24)25-12-6-3-7-13-25/h2-17,19,26-27H,18,20H2,1H3,(H,33,39). The molecular weight excluding hydrogens is 527 g/mol. The predicted octanol–water partition coefficient (Wildman–Crippen LogP) is 5.03. The number of pyridine rings is 1. The van der Waals surface area contributed by atoms with E-state index in [0.29, 0.717) is 24.5 Å². The topological polar surface area (TPSA) is 103 Å². The Kier molecular flexibility index (Phi) is 8.05. The van der Waals surface area contributed by atoms with Crippen molar-refractivity contribution in [1.29, 1.82) is 0 Å². The first kappa shape index (κ1) is 26.6. The first-order chi connectivity index (χ1) is 19.0. The van der Waals surface area contributed by atoms with Gasteiger partial charge in [-0.3, -0.25) is 14.8 Å². The van der Waals surface area contributed by atoms with E-state index in [1.807, 2.05) is 97.1 Å². The zero-order chi connectivity index (χ0) is 27.2. The van der Waals surface area contributed by atoms with Crippen molar-refractivity contribution in [2.24, 2.45) is 5.11 Å². The molecule has 1 amide bonds. The summed E-state index contributed by atoms with van der Waals surface area (Å²) in [6.45, 7) is 0.462. The molecule has 1 aliphatic rings. The van der Waals surface area contributed by atoms with Gasteiger partial charge in [0.25, 0.3) is 0 Å². The van der Waals surface area contributed by atoms with Gasteiger partial charge in [0.1, 0.15) is 17.6 Å². The van der Waals surface area contributed by atoms with Gasteiger partial charge in [-0.1, -0.05) is 95.8 Å². The lowest BCUT2D eigenvalue weighted by Gasteiger charge is -2.34. The molecule has 5 rings (SSSR count). The van der Waals surface area contributed by atoms with Crippen LogP contribution in [0, 0.1) is 0 Å². The molecule has 196 valence electrons. The highest BCUT2D eigenvalue weighted by Gasteiger charge is 2.39. The SMILES string of the molecule is COc1ccc(C(NP(=S)(c2ccccc2)c2ccccc2)C(N=[N+]=[N-])C(=O)N2CCc3cccnc32)cc1. The van der Waals surface area contributed by atoms with Crippen LogP contribution in [0.1, 0.15) is 17.2 Å². The van der Waals surface area contributed by atoms with Gasteiger partial charge in [0.05, 0.1) is 19.3 Å². The van der Waals surface area contributed by atoms with Gasteiger partial charge < -0.3 is 4.74 Å². The summed E-state index contributed by atoms with van der Waals surface area (Å²) in [7, 11) is 1.60. The normalized spacial score (nSPS) is 14.1. The van der Waals surface area contributed by atoms with Gasteiger partial charge in [0, 0.05) is 28.3 Å². The van der Waals surface area contributed by atoms with E-state index in [4.69, 9.17) is 16.5 Å². The van der Waals surface area contributed by atoms with Gasteiger partial charge in [-0.2, -0.15) is 0 Å². The minimum Gasteiger partial charge on any atom is -0.497 e. The lowest BCUT2D eigenvalue weighted by Crippen LogP contribution is -2.45. The van der Waals surface area contributed by atoms with Crippen molar-refractivity contribution in [3.05, 3.63) is 125 Å². The summed E-state index contributed by atoms with van der Waals surface area (Å²) in [4.78, 5) is 23.3. The van der Waals surface area contributed by atoms with E-state index in [1.54, 1.807) is 18.2 Å². The molecule has 0 aliphatic carbocycles. The Hall–Kier alpha value is -4.00. The summed E-state index contributed by atoms with van der Waals surface area (Å²) >= 11 is 6.45. The number of hydrogen-bond donors (Lipinski definition) is 1. The molecule has 1 aliphatic heterocycles. The van der Waals surface area contributed by atoms with Crippen LogP contribution in [-0.4, -0.2) is 30.6 Å². The number of azide groups is 1. The largest absolute Gasteiger partial charge is 0.497 e. The van der Waals surface area contributed by atoms with Crippen molar-refractivity contribution in [3.8, 4) is 5.75 Å². The fourth-order valence-electron chi connectivity index (χ4n) is 4.80. The van der Waals surface area contributed by atoms with Crippen LogP contribution in [0.15, 0.2) is 108 Å². The molecule has 0 fully saturated rings. The van der Waals surface area contributed by atoms with Gasteiger partial charge >= 0.3 is 0 Å². The number of carbonyl (C=O) groups excluding carboxylic acids is 1. The number of nitrogens with zero attached hydrogens (tertiary/aromatic N) is 5. The van der Waals surface area contributed by atoms with E-state index in [-0.39, 0.29) is 5.91 Å². The summed E-state index contributed by atoms with van der Waals surface area (Å²) in [5.74, 6) is 0.938. The number of carbonyl (C=O) groups is 1. The van der Waals surface area contributed by atoms with Crippen molar-refractivity contribution in [2.45, 2.75) is 18.5 Å². The molecule has 0 bridgehead atoms. The van der Waals surface area contributed by atoms with E-state index in [1.165, 1.54) is 0 Å². The summed E-state index contributed by atoms with van der Waals surface area (Å²) in [6, 6.07) is 29.0. The molecule has 0 saturated carbocycles. The molecule has 0 radical (unpaired) electrons. The number of nitrogens with one attached hydrogen (secondary N) is 1. The third-order valence-corrected chi connectivity index (χ3v) is 11.0. The molecule has 1 aromatic heterocycles.